The normalized spacial score (nSPS) is 10.9. The van der Waals surface area contributed by atoms with Crippen molar-refractivity contribution in [2.24, 2.45) is 0 Å². The summed E-state index contributed by atoms with van der Waals surface area (Å²) in [4.78, 5) is 17.7. The summed E-state index contributed by atoms with van der Waals surface area (Å²) in [5.41, 5.74) is 1.53. The van der Waals surface area contributed by atoms with Gasteiger partial charge in [-0.1, -0.05) is 38.0 Å². The molecule has 28 heavy (non-hydrogen) atoms. The van der Waals surface area contributed by atoms with E-state index in [-0.39, 0.29) is 11.4 Å². The number of hydrogen-bond acceptors (Lipinski definition) is 3. The smallest absolute Gasteiger partial charge is 0.260 e. The maximum Gasteiger partial charge on any atom is 0.260 e. The van der Waals surface area contributed by atoms with Crippen molar-refractivity contribution in [1.29, 1.82) is 0 Å². The number of benzene rings is 2. The topological polar surface area (TPSA) is 42.0 Å². The van der Waals surface area contributed by atoms with E-state index in [1.807, 2.05) is 0 Å². The number of carbonyl (C=O) groups excluding carboxylic acids is 1. The first-order chi connectivity index (χ1) is 13.5. The number of anilines is 1. The molecule has 2 aromatic carbocycles. The molecule has 0 radical (unpaired) electrons. The maximum absolute atomic E-state index is 14.5. The standard InChI is InChI=1S/C22H22F2N2OS/c1-3-4-5-6-17-13-25-22(28-17)26-21(27)18-10-9-16(12-20(18)24)15-8-7-14(2)19(23)11-15/h7-13H,3-6H2,1-2H3,(H,25,26,27). The van der Waals surface area contributed by atoms with Crippen LogP contribution in [0.2, 0.25) is 0 Å². The van der Waals surface area contributed by atoms with Crippen LogP contribution >= 0.6 is 11.3 Å². The van der Waals surface area contributed by atoms with Crippen molar-refractivity contribution < 1.29 is 13.6 Å². The molecule has 146 valence electrons. The van der Waals surface area contributed by atoms with E-state index >= 15 is 0 Å². The van der Waals surface area contributed by atoms with Gasteiger partial charge in [0, 0.05) is 11.1 Å². The van der Waals surface area contributed by atoms with Crippen LogP contribution in [-0.2, 0) is 6.42 Å². The molecule has 0 bridgehead atoms. The summed E-state index contributed by atoms with van der Waals surface area (Å²) in [6.45, 7) is 3.81. The van der Waals surface area contributed by atoms with Crippen LogP contribution in [0.25, 0.3) is 11.1 Å². The molecule has 1 heterocycles. The molecule has 3 nitrogen and oxygen atoms in total. The van der Waals surface area contributed by atoms with Crippen LogP contribution in [0.1, 0.15) is 47.0 Å². The summed E-state index contributed by atoms with van der Waals surface area (Å²) < 4.78 is 28.3. The Kier molecular flexibility index (Phi) is 6.52. The van der Waals surface area contributed by atoms with Gasteiger partial charge >= 0.3 is 0 Å². The van der Waals surface area contributed by atoms with Gasteiger partial charge < -0.3 is 0 Å². The Balaban J connectivity index is 1.71. The minimum atomic E-state index is -0.657. The Hall–Kier alpha value is -2.60. The number of unbranched alkanes of at least 4 members (excludes halogenated alkanes) is 2. The number of thiazole rings is 1. The predicted octanol–water partition coefficient (Wildman–Crippen LogP) is 6.38. The first kappa shape index (κ1) is 20.1. The largest absolute Gasteiger partial charge is 0.298 e. The number of aryl methyl sites for hydroxylation is 2. The fraction of sp³-hybridized carbons (Fsp3) is 0.273. The van der Waals surface area contributed by atoms with Crippen LogP contribution < -0.4 is 5.32 Å². The van der Waals surface area contributed by atoms with Crippen LogP contribution in [-0.4, -0.2) is 10.9 Å². The van der Waals surface area contributed by atoms with Crippen LogP contribution in [0.3, 0.4) is 0 Å². The van der Waals surface area contributed by atoms with Crippen molar-refractivity contribution >= 4 is 22.4 Å². The number of nitrogens with one attached hydrogen (secondary N) is 1. The Morgan fingerprint density at radius 1 is 1.07 bits per heavy atom. The number of hydrogen-bond donors (Lipinski definition) is 1. The Bertz CT molecular complexity index is 984. The van der Waals surface area contributed by atoms with Crippen LogP contribution in [0.4, 0.5) is 13.9 Å². The van der Waals surface area contributed by atoms with Gasteiger partial charge in [-0.05, 0) is 54.7 Å². The molecule has 0 atom stereocenters. The molecule has 0 spiro atoms. The number of aromatic nitrogens is 1. The molecule has 0 saturated heterocycles. The van der Waals surface area contributed by atoms with Gasteiger partial charge in [-0.2, -0.15) is 0 Å². The molecule has 1 N–H and O–H groups in total. The van der Waals surface area contributed by atoms with E-state index in [0.717, 1.165) is 30.6 Å². The quantitative estimate of drug-likeness (QED) is 0.468. The third-order valence-electron chi connectivity index (χ3n) is 4.52. The first-order valence-electron chi connectivity index (χ1n) is 9.30. The zero-order valence-corrected chi connectivity index (χ0v) is 16.7. The molecule has 0 unspecified atom stereocenters. The van der Waals surface area contributed by atoms with E-state index < -0.39 is 11.7 Å². The minimum Gasteiger partial charge on any atom is -0.298 e. The van der Waals surface area contributed by atoms with E-state index in [0.29, 0.717) is 21.8 Å². The maximum atomic E-state index is 14.5. The third-order valence-corrected chi connectivity index (χ3v) is 5.49. The highest BCUT2D eigenvalue weighted by Crippen LogP contribution is 2.25. The lowest BCUT2D eigenvalue weighted by Crippen LogP contribution is -2.13. The molecule has 1 aromatic heterocycles. The van der Waals surface area contributed by atoms with Crippen molar-refractivity contribution in [2.75, 3.05) is 5.32 Å². The number of nitrogens with zero attached hydrogens (tertiary/aromatic N) is 1. The van der Waals surface area contributed by atoms with Crippen molar-refractivity contribution in [2.45, 2.75) is 39.5 Å². The first-order valence-corrected chi connectivity index (χ1v) is 10.1. The lowest BCUT2D eigenvalue weighted by atomic mass is 10.0. The highest BCUT2D eigenvalue weighted by Gasteiger charge is 2.15. The molecular weight excluding hydrogens is 378 g/mol. The van der Waals surface area contributed by atoms with Crippen molar-refractivity contribution in [1.82, 2.24) is 4.98 Å². The van der Waals surface area contributed by atoms with Crippen LogP contribution in [0, 0.1) is 18.6 Å². The van der Waals surface area contributed by atoms with Gasteiger partial charge in [0.05, 0.1) is 5.56 Å². The van der Waals surface area contributed by atoms with Gasteiger partial charge in [0.2, 0.25) is 0 Å². The summed E-state index contributed by atoms with van der Waals surface area (Å²) in [6, 6.07) is 9.00. The second kappa shape index (κ2) is 9.06. The summed E-state index contributed by atoms with van der Waals surface area (Å²) in [5, 5.41) is 3.11. The molecule has 0 aliphatic heterocycles. The van der Waals surface area contributed by atoms with E-state index in [9.17, 15) is 13.6 Å². The number of carbonyl (C=O) groups is 1. The minimum absolute atomic E-state index is 0.0703. The summed E-state index contributed by atoms with van der Waals surface area (Å²) >= 11 is 1.41. The van der Waals surface area contributed by atoms with Gasteiger partial charge in [-0.15, -0.1) is 11.3 Å². The predicted molar refractivity (Wildman–Crippen MR) is 110 cm³/mol. The molecule has 3 rings (SSSR count). The van der Waals surface area contributed by atoms with Crippen molar-refractivity contribution in [3.8, 4) is 11.1 Å². The van der Waals surface area contributed by atoms with Gasteiger partial charge in [0.15, 0.2) is 5.13 Å². The summed E-state index contributed by atoms with van der Waals surface area (Å²) in [5.74, 6) is -1.55. The van der Waals surface area contributed by atoms with E-state index in [1.54, 1.807) is 31.3 Å². The summed E-state index contributed by atoms with van der Waals surface area (Å²) in [7, 11) is 0. The lowest BCUT2D eigenvalue weighted by Gasteiger charge is -2.07. The highest BCUT2D eigenvalue weighted by molar-refractivity contribution is 7.15. The SMILES string of the molecule is CCCCCc1cnc(NC(=O)c2ccc(-c3ccc(C)c(F)c3)cc2F)s1. The molecule has 0 aliphatic carbocycles. The average Bonchev–Trinajstić information content (AvgIpc) is 3.11. The van der Waals surface area contributed by atoms with Crippen LogP contribution in [0.5, 0.6) is 0 Å². The van der Waals surface area contributed by atoms with E-state index in [2.05, 4.69) is 17.2 Å². The number of rotatable bonds is 7. The fourth-order valence-corrected chi connectivity index (χ4v) is 3.70. The zero-order valence-electron chi connectivity index (χ0n) is 15.9. The second-order valence-corrected chi connectivity index (χ2v) is 7.82. The van der Waals surface area contributed by atoms with E-state index in [4.69, 9.17) is 0 Å². The highest BCUT2D eigenvalue weighted by atomic mass is 32.1. The molecule has 0 fully saturated rings. The number of halogens is 2. The lowest BCUT2D eigenvalue weighted by molar-refractivity contribution is 0.102. The Labute approximate surface area is 167 Å². The monoisotopic (exact) mass is 400 g/mol. The fourth-order valence-electron chi connectivity index (χ4n) is 2.85. The van der Waals surface area contributed by atoms with Gasteiger partial charge in [0.1, 0.15) is 11.6 Å². The van der Waals surface area contributed by atoms with Crippen LogP contribution in [0.15, 0.2) is 42.6 Å². The van der Waals surface area contributed by atoms with Gasteiger partial charge in [0.25, 0.3) is 5.91 Å². The molecular formula is C22H22F2N2OS. The third kappa shape index (κ3) is 4.81. The molecule has 0 saturated carbocycles. The molecule has 0 aliphatic rings. The van der Waals surface area contributed by atoms with Crippen molar-refractivity contribution in [3.05, 3.63) is 70.2 Å². The molecule has 3 aromatic rings. The average molecular weight is 400 g/mol. The van der Waals surface area contributed by atoms with Gasteiger partial charge in [-0.3, -0.25) is 10.1 Å². The molecule has 6 heteroatoms. The Morgan fingerprint density at radius 3 is 2.46 bits per heavy atom. The van der Waals surface area contributed by atoms with Crippen molar-refractivity contribution in [3.63, 3.8) is 0 Å². The summed E-state index contributed by atoms with van der Waals surface area (Å²) in [6.07, 6.45) is 6.07. The van der Waals surface area contributed by atoms with Gasteiger partial charge in [-0.25, -0.2) is 13.8 Å². The zero-order chi connectivity index (χ0) is 20.1. The number of amides is 1. The molecule has 1 amide bonds. The second-order valence-electron chi connectivity index (χ2n) is 6.70. The van der Waals surface area contributed by atoms with E-state index in [1.165, 1.54) is 29.5 Å². The Morgan fingerprint density at radius 2 is 1.79 bits per heavy atom.